The van der Waals surface area contributed by atoms with Crippen molar-refractivity contribution in [2.45, 2.75) is 12.4 Å². The summed E-state index contributed by atoms with van der Waals surface area (Å²) in [6.45, 7) is 1.34. The van der Waals surface area contributed by atoms with Crippen molar-refractivity contribution in [1.82, 2.24) is 9.78 Å². The summed E-state index contributed by atoms with van der Waals surface area (Å²) >= 11 is 11.7. The van der Waals surface area contributed by atoms with Gasteiger partial charge in [0.05, 0.1) is 16.9 Å². The van der Waals surface area contributed by atoms with Crippen LogP contribution >= 0.6 is 23.2 Å². The van der Waals surface area contributed by atoms with Crippen molar-refractivity contribution in [3.05, 3.63) is 40.0 Å². The average Bonchev–Trinajstić information content (AvgIpc) is 2.69. The molecule has 0 saturated carbocycles. The maximum absolute atomic E-state index is 12.4. The Morgan fingerprint density at radius 3 is 2.45 bits per heavy atom. The first kappa shape index (κ1) is 16.9. The molecule has 0 amide bonds. The molecule has 0 saturated heterocycles. The van der Waals surface area contributed by atoms with E-state index >= 15 is 0 Å². The largest absolute Gasteiger partial charge is 0.534 e. The fraction of sp³-hybridized carbons (Fsp3) is 0.182. The Bertz CT molecular complexity index is 818. The molecule has 22 heavy (non-hydrogen) atoms. The molecule has 0 atom stereocenters. The summed E-state index contributed by atoms with van der Waals surface area (Å²) < 4.78 is 64.6. The molecule has 120 valence electrons. The lowest BCUT2D eigenvalue weighted by Gasteiger charge is -2.13. The number of hydrogen-bond donors (Lipinski definition) is 0. The van der Waals surface area contributed by atoms with Gasteiger partial charge in [0.2, 0.25) is 5.88 Å². The van der Waals surface area contributed by atoms with E-state index in [0.29, 0.717) is 5.02 Å². The third-order valence-corrected chi connectivity index (χ3v) is 3.99. The second-order valence-corrected chi connectivity index (χ2v) is 6.50. The molecule has 11 heteroatoms. The number of alkyl halides is 3. The minimum Gasteiger partial charge on any atom is -0.355 e. The van der Waals surface area contributed by atoms with Gasteiger partial charge in [-0.15, -0.1) is 0 Å². The van der Waals surface area contributed by atoms with Crippen molar-refractivity contribution >= 4 is 33.3 Å². The Morgan fingerprint density at radius 1 is 1.27 bits per heavy atom. The summed E-state index contributed by atoms with van der Waals surface area (Å²) in [5.74, 6) is -0.610. The van der Waals surface area contributed by atoms with Crippen molar-refractivity contribution in [1.29, 1.82) is 0 Å². The molecule has 0 radical (unpaired) electrons. The van der Waals surface area contributed by atoms with Crippen molar-refractivity contribution < 1.29 is 25.8 Å². The summed E-state index contributed by atoms with van der Waals surface area (Å²) in [4.78, 5) is 0. The van der Waals surface area contributed by atoms with Gasteiger partial charge in [0.25, 0.3) is 0 Å². The number of benzene rings is 1. The smallest absolute Gasteiger partial charge is 0.355 e. The molecule has 0 aliphatic carbocycles. The van der Waals surface area contributed by atoms with Gasteiger partial charge in [-0.2, -0.15) is 31.4 Å². The zero-order chi connectivity index (χ0) is 16.7. The van der Waals surface area contributed by atoms with Crippen molar-refractivity contribution in [3.8, 4) is 11.6 Å². The van der Waals surface area contributed by atoms with E-state index in [2.05, 4.69) is 9.28 Å². The highest BCUT2D eigenvalue weighted by Gasteiger charge is 2.49. The van der Waals surface area contributed by atoms with E-state index in [-0.39, 0.29) is 16.3 Å². The van der Waals surface area contributed by atoms with Crippen LogP contribution in [-0.4, -0.2) is 23.7 Å². The van der Waals surface area contributed by atoms with Gasteiger partial charge >= 0.3 is 15.6 Å². The lowest BCUT2D eigenvalue weighted by Crippen LogP contribution is -2.29. The van der Waals surface area contributed by atoms with Gasteiger partial charge < -0.3 is 4.18 Å². The third-order valence-electron chi connectivity index (χ3n) is 2.51. The number of nitrogens with zero attached hydrogens (tertiary/aromatic N) is 2. The average molecular weight is 375 g/mol. The minimum absolute atomic E-state index is 0.0601. The zero-order valence-electron chi connectivity index (χ0n) is 10.7. The standard InChI is InChI=1S/C11H7Cl2F3N2O3S/c1-6-5-17-18(9-3-2-7(12)4-8(9)13)10(6)21-22(19,20)11(14,15)16/h2-5H,1H3. The van der Waals surface area contributed by atoms with Gasteiger partial charge in [0.15, 0.2) is 0 Å². The van der Waals surface area contributed by atoms with Gasteiger partial charge in [-0.3, -0.25) is 0 Å². The van der Waals surface area contributed by atoms with E-state index in [1.165, 1.54) is 25.1 Å². The van der Waals surface area contributed by atoms with E-state index in [0.717, 1.165) is 10.9 Å². The molecule has 0 spiro atoms. The molecule has 2 rings (SSSR count). The quantitative estimate of drug-likeness (QED) is 0.606. The number of rotatable bonds is 3. The highest BCUT2D eigenvalue weighted by atomic mass is 35.5. The fourth-order valence-electron chi connectivity index (χ4n) is 1.50. The van der Waals surface area contributed by atoms with E-state index in [1.807, 2.05) is 0 Å². The Balaban J connectivity index is 2.54. The van der Waals surface area contributed by atoms with Crippen LogP contribution in [0, 0.1) is 6.92 Å². The monoisotopic (exact) mass is 374 g/mol. The number of halogens is 5. The van der Waals surface area contributed by atoms with Crippen LogP contribution in [0.4, 0.5) is 13.2 Å². The van der Waals surface area contributed by atoms with Crippen molar-refractivity contribution in [2.75, 3.05) is 0 Å². The highest BCUT2D eigenvalue weighted by molar-refractivity contribution is 7.87. The SMILES string of the molecule is Cc1cnn(-c2ccc(Cl)cc2Cl)c1OS(=O)(=O)C(F)(F)F. The van der Waals surface area contributed by atoms with Crippen LogP contribution in [0.15, 0.2) is 24.4 Å². The second kappa shape index (κ2) is 5.64. The minimum atomic E-state index is -5.82. The molecule has 0 N–H and O–H groups in total. The summed E-state index contributed by atoms with van der Waals surface area (Å²) in [6, 6.07) is 4.11. The first-order chi connectivity index (χ1) is 10.0. The van der Waals surface area contributed by atoms with E-state index < -0.39 is 21.5 Å². The fourth-order valence-corrected chi connectivity index (χ4v) is 2.49. The second-order valence-electron chi connectivity index (χ2n) is 4.12. The lowest BCUT2D eigenvalue weighted by atomic mass is 10.3. The molecule has 2 aromatic rings. The highest BCUT2D eigenvalue weighted by Crippen LogP contribution is 2.32. The molecule has 0 bridgehead atoms. The Labute approximate surface area is 133 Å². The van der Waals surface area contributed by atoms with Crippen LogP contribution in [-0.2, 0) is 10.1 Å². The van der Waals surface area contributed by atoms with Crippen molar-refractivity contribution in [2.24, 2.45) is 0 Å². The van der Waals surface area contributed by atoms with E-state index in [4.69, 9.17) is 23.2 Å². The molecular weight excluding hydrogens is 368 g/mol. The van der Waals surface area contributed by atoms with Gasteiger partial charge in [-0.25, -0.2) is 0 Å². The first-order valence-corrected chi connectivity index (χ1v) is 7.70. The zero-order valence-corrected chi connectivity index (χ0v) is 13.1. The first-order valence-electron chi connectivity index (χ1n) is 5.54. The normalized spacial score (nSPS) is 12.5. The van der Waals surface area contributed by atoms with Gasteiger partial charge in [0.1, 0.15) is 0 Å². The number of aromatic nitrogens is 2. The van der Waals surface area contributed by atoms with Crippen LogP contribution in [0.25, 0.3) is 5.69 Å². The van der Waals surface area contributed by atoms with Crippen LogP contribution in [0.3, 0.4) is 0 Å². The molecular formula is C11H7Cl2F3N2O3S. The van der Waals surface area contributed by atoms with Gasteiger partial charge in [0, 0.05) is 10.6 Å². The van der Waals surface area contributed by atoms with Crippen LogP contribution in [0.1, 0.15) is 5.56 Å². The maximum Gasteiger partial charge on any atom is 0.534 e. The van der Waals surface area contributed by atoms with E-state index in [1.54, 1.807) is 0 Å². The molecule has 1 aromatic carbocycles. The predicted octanol–water partition coefficient (Wildman–Crippen LogP) is 3.72. The predicted molar refractivity (Wildman–Crippen MR) is 73.9 cm³/mol. The van der Waals surface area contributed by atoms with E-state index in [9.17, 15) is 21.6 Å². The summed E-state index contributed by atoms with van der Waals surface area (Å²) in [7, 11) is -5.82. The summed E-state index contributed by atoms with van der Waals surface area (Å²) in [6.07, 6.45) is 1.15. The molecule has 5 nitrogen and oxygen atoms in total. The molecule has 1 aromatic heterocycles. The topological polar surface area (TPSA) is 61.2 Å². The lowest BCUT2D eigenvalue weighted by molar-refractivity contribution is -0.0502. The molecule has 0 aliphatic heterocycles. The number of hydrogen-bond acceptors (Lipinski definition) is 4. The molecule has 1 heterocycles. The molecule has 0 fully saturated rings. The molecule has 0 unspecified atom stereocenters. The maximum atomic E-state index is 12.4. The Morgan fingerprint density at radius 2 is 1.91 bits per heavy atom. The molecule has 0 aliphatic rings. The van der Waals surface area contributed by atoms with Crippen LogP contribution < -0.4 is 4.18 Å². The van der Waals surface area contributed by atoms with Gasteiger partial charge in [-0.1, -0.05) is 23.2 Å². The third kappa shape index (κ3) is 3.16. The number of aryl methyl sites for hydroxylation is 1. The Kier molecular flexibility index (Phi) is 4.33. The summed E-state index contributed by atoms with van der Waals surface area (Å²) in [5.41, 5.74) is -5.36. The van der Waals surface area contributed by atoms with Gasteiger partial charge in [-0.05, 0) is 25.1 Å². The Hall–Kier alpha value is -1.45. The van der Waals surface area contributed by atoms with Crippen LogP contribution in [0.5, 0.6) is 5.88 Å². The van der Waals surface area contributed by atoms with Crippen LogP contribution in [0.2, 0.25) is 10.0 Å². The van der Waals surface area contributed by atoms with Crippen molar-refractivity contribution in [3.63, 3.8) is 0 Å². The summed E-state index contributed by atoms with van der Waals surface area (Å²) in [5, 5.41) is 4.13.